The standard InChI is InChI=1S/C23H31N3O4/c1-4-26(5-2)23-21(22(24-30-23)18-10-7-6-8-11-18)16-25(14-19(27)17-28-3)15-20-12-9-13-29-20/h6-13,19,27H,4-5,14-17H2,1-3H3. The van der Waals surface area contributed by atoms with E-state index in [0.29, 0.717) is 19.6 Å². The number of hydrogen-bond acceptors (Lipinski definition) is 7. The fraction of sp³-hybridized carbons (Fsp3) is 0.435. The SMILES string of the molecule is CCN(CC)c1onc(-c2ccccc2)c1CN(Cc1ccco1)CC(O)COC. The van der Waals surface area contributed by atoms with Crippen molar-refractivity contribution in [2.24, 2.45) is 0 Å². The fourth-order valence-electron chi connectivity index (χ4n) is 3.60. The smallest absolute Gasteiger partial charge is 0.232 e. The summed E-state index contributed by atoms with van der Waals surface area (Å²) in [7, 11) is 1.59. The van der Waals surface area contributed by atoms with E-state index in [0.717, 1.165) is 41.6 Å². The van der Waals surface area contributed by atoms with Crippen molar-refractivity contribution in [1.29, 1.82) is 0 Å². The van der Waals surface area contributed by atoms with Crippen LogP contribution in [0.5, 0.6) is 0 Å². The average molecular weight is 414 g/mol. The van der Waals surface area contributed by atoms with Gasteiger partial charge in [-0.15, -0.1) is 0 Å². The minimum Gasteiger partial charge on any atom is -0.468 e. The molecule has 162 valence electrons. The molecule has 3 rings (SSSR count). The molecule has 7 heteroatoms. The molecule has 0 amide bonds. The highest BCUT2D eigenvalue weighted by molar-refractivity contribution is 5.68. The van der Waals surface area contributed by atoms with E-state index in [2.05, 4.69) is 28.8 Å². The second kappa shape index (κ2) is 11.0. The van der Waals surface area contributed by atoms with E-state index in [4.69, 9.17) is 13.7 Å². The zero-order valence-electron chi connectivity index (χ0n) is 18.0. The number of anilines is 1. The minimum atomic E-state index is -0.609. The molecule has 1 atom stereocenters. The first-order chi connectivity index (χ1) is 14.7. The largest absolute Gasteiger partial charge is 0.468 e. The number of furan rings is 1. The van der Waals surface area contributed by atoms with Crippen LogP contribution in [0.15, 0.2) is 57.7 Å². The molecule has 0 aliphatic carbocycles. The molecule has 1 unspecified atom stereocenters. The van der Waals surface area contributed by atoms with E-state index in [1.807, 2.05) is 42.5 Å². The van der Waals surface area contributed by atoms with Gasteiger partial charge in [0, 0.05) is 38.9 Å². The molecule has 0 spiro atoms. The molecule has 0 saturated carbocycles. The van der Waals surface area contributed by atoms with Crippen LogP contribution in [-0.4, -0.2) is 54.6 Å². The maximum atomic E-state index is 10.4. The summed E-state index contributed by atoms with van der Waals surface area (Å²) < 4.78 is 16.5. The lowest BCUT2D eigenvalue weighted by Gasteiger charge is -2.26. The summed E-state index contributed by atoms with van der Waals surface area (Å²) in [4.78, 5) is 4.29. The first kappa shape index (κ1) is 22.1. The molecular formula is C23H31N3O4. The maximum absolute atomic E-state index is 10.4. The number of ether oxygens (including phenoxy) is 1. The third-order valence-corrected chi connectivity index (χ3v) is 5.03. The van der Waals surface area contributed by atoms with Crippen molar-refractivity contribution in [1.82, 2.24) is 10.1 Å². The van der Waals surface area contributed by atoms with Crippen LogP contribution in [0, 0.1) is 0 Å². The van der Waals surface area contributed by atoms with Gasteiger partial charge in [0.2, 0.25) is 5.88 Å². The van der Waals surface area contributed by atoms with Gasteiger partial charge in [-0.1, -0.05) is 35.5 Å². The van der Waals surface area contributed by atoms with Crippen molar-refractivity contribution in [2.75, 3.05) is 38.3 Å². The number of benzene rings is 1. The summed E-state index contributed by atoms with van der Waals surface area (Å²) in [5.74, 6) is 1.60. The second-order valence-corrected chi connectivity index (χ2v) is 7.21. The molecule has 0 bridgehead atoms. The molecule has 3 aromatic rings. The number of methoxy groups -OCH3 is 1. The third-order valence-electron chi connectivity index (χ3n) is 5.03. The second-order valence-electron chi connectivity index (χ2n) is 7.21. The Morgan fingerprint density at radius 2 is 1.83 bits per heavy atom. The van der Waals surface area contributed by atoms with E-state index in [1.54, 1.807) is 13.4 Å². The summed E-state index contributed by atoms with van der Waals surface area (Å²) in [5.41, 5.74) is 2.83. The number of aliphatic hydroxyl groups excluding tert-OH is 1. The van der Waals surface area contributed by atoms with E-state index in [1.165, 1.54) is 0 Å². The lowest BCUT2D eigenvalue weighted by Crippen LogP contribution is -2.34. The average Bonchev–Trinajstić information content (AvgIpc) is 3.40. The van der Waals surface area contributed by atoms with Gasteiger partial charge >= 0.3 is 0 Å². The van der Waals surface area contributed by atoms with Crippen molar-refractivity contribution in [3.8, 4) is 11.3 Å². The zero-order valence-corrected chi connectivity index (χ0v) is 18.0. The Kier molecular flexibility index (Phi) is 8.07. The molecule has 0 saturated heterocycles. The highest BCUT2D eigenvalue weighted by Gasteiger charge is 2.24. The molecule has 1 aromatic carbocycles. The minimum absolute atomic E-state index is 0.271. The van der Waals surface area contributed by atoms with Gasteiger partial charge < -0.3 is 23.7 Å². The topological polar surface area (TPSA) is 75.1 Å². The molecular weight excluding hydrogens is 382 g/mol. The molecule has 2 heterocycles. The van der Waals surface area contributed by atoms with Gasteiger partial charge in [-0.25, -0.2) is 0 Å². The Labute approximate surface area is 177 Å². The highest BCUT2D eigenvalue weighted by Crippen LogP contribution is 2.32. The highest BCUT2D eigenvalue weighted by atomic mass is 16.5. The van der Waals surface area contributed by atoms with E-state index in [9.17, 15) is 5.11 Å². The summed E-state index contributed by atoms with van der Waals surface area (Å²) in [5, 5.41) is 14.8. The molecule has 7 nitrogen and oxygen atoms in total. The van der Waals surface area contributed by atoms with Gasteiger partial charge in [0.25, 0.3) is 0 Å². The van der Waals surface area contributed by atoms with Gasteiger partial charge in [0.05, 0.1) is 31.1 Å². The predicted molar refractivity (Wildman–Crippen MR) is 116 cm³/mol. The van der Waals surface area contributed by atoms with Crippen LogP contribution in [0.3, 0.4) is 0 Å². The van der Waals surface area contributed by atoms with Crippen LogP contribution in [0.25, 0.3) is 11.3 Å². The Bertz CT molecular complexity index is 860. The number of nitrogens with zero attached hydrogens (tertiary/aromatic N) is 3. The lowest BCUT2D eigenvalue weighted by atomic mass is 10.1. The third kappa shape index (κ3) is 5.50. The van der Waals surface area contributed by atoms with Gasteiger partial charge in [-0.2, -0.15) is 0 Å². The van der Waals surface area contributed by atoms with Crippen LogP contribution in [0.4, 0.5) is 5.88 Å². The number of aromatic nitrogens is 1. The summed E-state index contributed by atoms with van der Waals surface area (Å²) in [6.45, 7) is 7.65. The molecule has 2 aromatic heterocycles. The molecule has 0 aliphatic rings. The molecule has 0 radical (unpaired) electrons. The van der Waals surface area contributed by atoms with Gasteiger partial charge in [-0.3, -0.25) is 4.90 Å². The molecule has 0 aliphatic heterocycles. The zero-order chi connectivity index (χ0) is 21.3. The van der Waals surface area contributed by atoms with Crippen molar-refractivity contribution in [2.45, 2.75) is 33.0 Å². The lowest BCUT2D eigenvalue weighted by molar-refractivity contribution is 0.0323. The van der Waals surface area contributed by atoms with Gasteiger partial charge in [-0.05, 0) is 26.0 Å². The van der Waals surface area contributed by atoms with E-state index >= 15 is 0 Å². The number of aliphatic hydroxyl groups is 1. The van der Waals surface area contributed by atoms with Crippen LogP contribution in [0.1, 0.15) is 25.2 Å². The van der Waals surface area contributed by atoms with Crippen molar-refractivity contribution in [3.63, 3.8) is 0 Å². The van der Waals surface area contributed by atoms with Crippen molar-refractivity contribution < 1.29 is 18.8 Å². The van der Waals surface area contributed by atoms with Crippen LogP contribution >= 0.6 is 0 Å². The fourth-order valence-corrected chi connectivity index (χ4v) is 3.60. The van der Waals surface area contributed by atoms with E-state index < -0.39 is 6.10 Å². The summed E-state index contributed by atoms with van der Waals surface area (Å²) in [6, 6.07) is 13.8. The number of hydrogen-bond donors (Lipinski definition) is 1. The van der Waals surface area contributed by atoms with Crippen molar-refractivity contribution >= 4 is 5.88 Å². The van der Waals surface area contributed by atoms with Crippen LogP contribution in [-0.2, 0) is 17.8 Å². The predicted octanol–water partition coefficient (Wildman–Crippen LogP) is 3.79. The van der Waals surface area contributed by atoms with Crippen LogP contribution in [0.2, 0.25) is 0 Å². The Hall–Kier alpha value is -2.61. The quantitative estimate of drug-likeness (QED) is 0.484. The molecule has 30 heavy (non-hydrogen) atoms. The molecule has 0 fully saturated rings. The first-order valence-corrected chi connectivity index (χ1v) is 10.4. The molecule has 1 N–H and O–H groups in total. The van der Waals surface area contributed by atoms with Gasteiger partial charge in [0.15, 0.2) is 0 Å². The van der Waals surface area contributed by atoms with E-state index in [-0.39, 0.29) is 6.61 Å². The summed E-state index contributed by atoms with van der Waals surface area (Å²) >= 11 is 0. The maximum Gasteiger partial charge on any atom is 0.232 e. The summed E-state index contributed by atoms with van der Waals surface area (Å²) in [6.07, 6.45) is 1.05. The van der Waals surface area contributed by atoms with Crippen LogP contribution < -0.4 is 4.90 Å². The Balaban J connectivity index is 1.95. The monoisotopic (exact) mass is 413 g/mol. The van der Waals surface area contributed by atoms with Gasteiger partial charge in [0.1, 0.15) is 11.5 Å². The van der Waals surface area contributed by atoms with Crippen molar-refractivity contribution in [3.05, 3.63) is 60.1 Å². The Morgan fingerprint density at radius 3 is 2.47 bits per heavy atom. The Morgan fingerprint density at radius 1 is 1.07 bits per heavy atom. The normalized spacial score (nSPS) is 12.4. The number of rotatable bonds is 12. The first-order valence-electron chi connectivity index (χ1n) is 10.4.